The molecule has 0 bridgehead atoms. The first-order chi connectivity index (χ1) is 7.45. The maximum Gasteiger partial charge on any atom is 0.196 e. The number of hydrogen-bond donors (Lipinski definition) is 1. The first-order valence-corrected chi connectivity index (χ1v) is 5.60. The Morgan fingerprint density at radius 1 is 1.12 bits per heavy atom. The fourth-order valence-corrected chi connectivity index (χ4v) is 2.64. The van der Waals surface area contributed by atoms with Crippen molar-refractivity contribution in [3.63, 3.8) is 0 Å². The summed E-state index contributed by atoms with van der Waals surface area (Å²) < 4.78 is 0. The third-order valence-electron chi connectivity index (χ3n) is 3.43. The zero-order chi connectivity index (χ0) is 11.9. The third kappa shape index (κ3) is 1.57. The fourth-order valence-electron chi connectivity index (χ4n) is 2.64. The van der Waals surface area contributed by atoms with E-state index >= 15 is 0 Å². The number of aliphatic imine (C=N–C) groups is 1. The van der Waals surface area contributed by atoms with Gasteiger partial charge in [-0.25, -0.2) is 0 Å². The summed E-state index contributed by atoms with van der Waals surface area (Å²) in [4.78, 5) is 4.23. The van der Waals surface area contributed by atoms with Gasteiger partial charge < -0.3 is 0 Å². The predicted molar refractivity (Wildman–Crippen MR) is 67.5 cm³/mol. The Hall–Kier alpha value is -1.15. The van der Waals surface area contributed by atoms with E-state index in [1.807, 2.05) is 6.92 Å². The van der Waals surface area contributed by atoms with Gasteiger partial charge in [0.15, 0.2) is 6.67 Å². The molecule has 1 unspecified atom stereocenters. The topological polar surface area (TPSA) is 24.4 Å². The van der Waals surface area contributed by atoms with Crippen molar-refractivity contribution in [3.8, 4) is 0 Å². The zero-order valence-corrected chi connectivity index (χ0v) is 10.6. The van der Waals surface area contributed by atoms with Gasteiger partial charge in [0, 0.05) is 5.71 Å². The number of nitrogens with zero attached hydrogens (tertiary/aromatic N) is 1. The van der Waals surface area contributed by atoms with E-state index in [9.17, 15) is 0 Å². The van der Waals surface area contributed by atoms with Crippen LogP contribution in [0.3, 0.4) is 0 Å². The van der Waals surface area contributed by atoms with Crippen molar-refractivity contribution < 1.29 is 0 Å². The van der Waals surface area contributed by atoms with E-state index in [-0.39, 0.29) is 5.54 Å². The second kappa shape index (κ2) is 3.70. The maximum absolute atomic E-state index is 4.23. The first kappa shape index (κ1) is 11.3. The zero-order valence-electron chi connectivity index (χ0n) is 10.6. The number of hydrogen-bond acceptors (Lipinski definition) is 2. The molecule has 2 rings (SSSR count). The van der Waals surface area contributed by atoms with Crippen LogP contribution in [0.25, 0.3) is 0 Å². The standard InChI is InChI=1S/C14H18N2/c1-9-6-10(2)13(11(3)7-9)14(5)12(4)15-8-16-14/h6-7,16H,1-5H3. The van der Waals surface area contributed by atoms with Gasteiger partial charge in [0.1, 0.15) is 0 Å². The van der Waals surface area contributed by atoms with Crippen molar-refractivity contribution in [3.05, 3.63) is 41.1 Å². The van der Waals surface area contributed by atoms with Gasteiger partial charge in [-0.05, 0) is 51.3 Å². The van der Waals surface area contributed by atoms with Gasteiger partial charge in [-0.3, -0.25) is 10.3 Å². The summed E-state index contributed by atoms with van der Waals surface area (Å²) >= 11 is 0. The summed E-state index contributed by atoms with van der Waals surface area (Å²) in [6.07, 6.45) is 0. The van der Waals surface area contributed by atoms with Crippen LogP contribution >= 0.6 is 0 Å². The highest BCUT2D eigenvalue weighted by Crippen LogP contribution is 2.32. The molecule has 0 aromatic heterocycles. The molecule has 1 aliphatic heterocycles. The van der Waals surface area contributed by atoms with Gasteiger partial charge in [-0.1, -0.05) is 17.7 Å². The average molecular weight is 214 g/mol. The molecule has 0 saturated carbocycles. The molecule has 2 radical (unpaired) electrons. The van der Waals surface area contributed by atoms with Crippen LogP contribution in [0.2, 0.25) is 0 Å². The molecule has 1 N–H and O–H groups in total. The molecule has 1 aromatic rings. The van der Waals surface area contributed by atoms with Crippen molar-refractivity contribution in [1.82, 2.24) is 5.32 Å². The first-order valence-electron chi connectivity index (χ1n) is 5.60. The molecule has 0 amide bonds. The number of rotatable bonds is 1. The highest BCUT2D eigenvalue weighted by Gasteiger charge is 2.35. The molecule has 0 fully saturated rings. The second-order valence-electron chi connectivity index (χ2n) is 4.83. The SMILES string of the molecule is CC1=N[C]NC1(C)c1c(C)cc(C)cc1C. The summed E-state index contributed by atoms with van der Waals surface area (Å²) in [6, 6.07) is 4.45. The Bertz CT molecular complexity index is 437. The molecule has 0 saturated heterocycles. The van der Waals surface area contributed by atoms with E-state index in [2.05, 4.69) is 56.8 Å². The summed E-state index contributed by atoms with van der Waals surface area (Å²) in [5, 5.41) is 3.25. The largest absolute Gasteiger partial charge is 0.272 e. The molecule has 1 aromatic carbocycles. The molecule has 0 aliphatic carbocycles. The highest BCUT2D eigenvalue weighted by molar-refractivity contribution is 5.94. The van der Waals surface area contributed by atoms with E-state index in [0.717, 1.165) is 5.71 Å². The lowest BCUT2D eigenvalue weighted by Crippen LogP contribution is -2.40. The van der Waals surface area contributed by atoms with Crippen molar-refractivity contribution in [2.75, 3.05) is 0 Å². The predicted octanol–water partition coefficient (Wildman–Crippen LogP) is 2.89. The molecule has 0 spiro atoms. The summed E-state index contributed by atoms with van der Waals surface area (Å²) in [7, 11) is 0. The second-order valence-corrected chi connectivity index (χ2v) is 4.83. The van der Waals surface area contributed by atoms with Gasteiger partial charge in [0.25, 0.3) is 0 Å². The Kier molecular flexibility index (Phi) is 2.62. The lowest BCUT2D eigenvalue weighted by molar-refractivity contribution is 0.561. The van der Waals surface area contributed by atoms with Crippen LogP contribution in [0.5, 0.6) is 0 Å². The van der Waals surface area contributed by atoms with Gasteiger partial charge in [-0.2, -0.15) is 0 Å². The normalized spacial score (nSPS) is 24.7. The van der Waals surface area contributed by atoms with Crippen LogP contribution in [0.4, 0.5) is 0 Å². The van der Waals surface area contributed by atoms with Crippen LogP contribution in [0.15, 0.2) is 17.1 Å². The van der Waals surface area contributed by atoms with Gasteiger partial charge >= 0.3 is 0 Å². The van der Waals surface area contributed by atoms with E-state index in [0.29, 0.717) is 0 Å². The molecule has 1 heterocycles. The molecular weight excluding hydrogens is 196 g/mol. The summed E-state index contributed by atoms with van der Waals surface area (Å²) in [5.41, 5.74) is 6.13. The van der Waals surface area contributed by atoms with Crippen LogP contribution in [-0.2, 0) is 5.54 Å². The third-order valence-corrected chi connectivity index (χ3v) is 3.43. The van der Waals surface area contributed by atoms with Crippen molar-refractivity contribution >= 4 is 5.71 Å². The molecular formula is C14H18N2. The van der Waals surface area contributed by atoms with Gasteiger partial charge in [0.05, 0.1) is 5.54 Å². The molecule has 16 heavy (non-hydrogen) atoms. The van der Waals surface area contributed by atoms with Crippen LogP contribution in [0, 0.1) is 27.4 Å². The Morgan fingerprint density at radius 3 is 2.12 bits per heavy atom. The average Bonchev–Trinajstić information content (AvgIpc) is 2.45. The van der Waals surface area contributed by atoms with Crippen molar-refractivity contribution in [1.29, 1.82) is 0 Å². The summed E-state index contributed by atoms with van der Waals surface area (Å²) in [5.74, 6) is 0. The van der Waals surface area contributed by atoms with Crippen LogP contribution in [-0.4, -0.2) is 5.71 Å². The van der Waals surface area contributed by atoms with E-state index < -0.39 is 0 Å². The Morgan fingerprint density at radius 2 is 1.69 bits per heavy atom. The molecule has 2 nitrogen and oxygen atoms in total. The lowest BCUT2D eigenvalue weighted by atomic mass is 9.82. The minimum absolute atomic E-state index is 0.193. The smallest absolute Gasteiger partial charge is 0.196 e. The monoisotopic (exact) mass is 214 g/mol. The van der Waals surface area contributed by atoms with E-state index in [1.54, 1.807) is 0 Å². The molecule has 1 atom stereocenters. The molecule has 2 heteroatoms. The minimum atomic E-state index is -0.193. The fraction of sp³-hybridized carbons (Fsp3) is 0.429. The minimum Gasteiger partial charge on any atom is -0.272 e. The van der Waals surface area contributed by atoms with Gasteiger partial charge in [0.2, 0.25) is 0 Å². The quantitative estimate of drug-likeness (QED) is 0.763. The Balaban J connectivity index is 2.61. The highest BCUT2D eigenvalue weighted by atomic mass is 15.1. The van der Waals surface area contributed by atoms with Gasteiger partial charge in [-0.15, -0.1) is 0 Å². The van der Waals surface area contributed by atoms with E-state index in [4.69, 9.17) is 0 Å². The number of nitrogens with one attached hydrogen (secondary N) is 1. The lowest BCUT2D eigenvalue weighted by Gasteiger charge is -2.29. The number of benzene rings is 1. The maximum atomic E-state index is 4.23. The molecule has 84 valence electrons. The number of aryl methyl sites for hydroxylation is 3. The van der Waals surface area contributed by atoms with E-state index in [1.165, 1.54) is 22.3 Å². The Labute approximate surface area is 97.8 Å². The van der Waals surface area contributed by atoms with Crippen LogP contribution in [0.1, 0.15) is 36.1 Å². The van der Waals surface area contributed by atoms with Crippen molar-refractivity contribution in [2.45, 2.75) is 40.2 Å². The summed E-state index contributed by atoms with van der Waals surface area (Å²) in [6.45, 7) is 13.5. The van der Waals surface area contributed by atoms with Crippen molar-refractivity contribution in [2.24, 2.45) is 4.99 Å². The van der Waals surface area contributed by atoms with Crippen LogP contribution < -0.4 is 5.32 Å². The molecule has 1 aliphatic rings.